The third kappa shape index (κ3) is 2.29. The minimum Gasteiger partial charge on any atom is -0.303 e. The molecule has 0 atom stereocenters. The van der Waals surface area contributed by atoms with E-state index in [4.69, 9.17) is 0 Å². The van der Waals surface area contributed by atoms with Crippen molar-refractivity contribution in [3.8, 4) is 0 Å². The van der Waals surface area contributed by atoms with Crippen molar-refractivity contribution in [2.24, 2.45) is 7.05 Å². The van der Waals surface area contributed by atoms with Gasteiger partial charge in [0.2, 0.25) is 12.4 Å². The SMILES string of the molecule is CCCCn1c(NNC=O)nc2c1c(=O)[nH]c(=O)n2C. The molecule has 0 bridgehead atoms. The maximum Gasteiger partial charge on any atom is 0.329 e. The second-order valence-electron chi connectivity index (χ2n) is 4.32. The molecule has 0 saturated carbocycles. The molecule has 20 heavy (non-hydrogen) atoms. The molecule has 0 spiro atoms. The number of nitrogens with zero attached hydrogens (tertiary/aromatic N) is 3. The molecule has 0 unspecified atom stereocenters. The first-order valence-electron chi connectivity index (χ1n) is 6.24. The molecule has 0 aliphatic carbocycles. The van der Waals surface area contributed by atoms with Crippen LogP contribution in [0, 0.1) is 0 Å². The van der Waals surface area contributed by atoms with Crippen LogP contribution in [0.4, 0.5) is 5.95 Å². The zero-order valence-electron chi connectivity index (χ0n) is 11.3. The molecule has 0 aliphatic rings. The van der Waals surface area contributed by atoms with Gasteiger partial charge in [-0.15, -0.1) is 0 Å². The van der Waals surface area contributed by atoms with Crippen molar-refractivity contribution in [2.75, 3.05) is 5.43 Å². The fourth-order valence-electron chi connectivity index (χ4n) is 1.96. The Morgan fingerprint density at radius 3 is 2.80 bits per heavy atom. The number of nitrogens with one attached hydrogen (secondary N) is 3. The third-order valence-electron chi connectivity index (χ3n) is 2.99. The first-order valence-corrected chi connectivity index (χ1v) is 6.24. The molecule has 0 aromatic carbocycles. The number of aryl methyl sites for hydroxylation is 2. The monoisotopic (exact) mass is 280 g/mol. The highest BCUT2D eigenvalue weighted by molar-refractivity contribution is 5.74. The summed E-state index contributed by atoms with van der Waals surface area (Å²) in [6.45, 7) is 2.58. The number of anilines is 1. The number of unbranched alkanes of at least 4 members (excludes halogenated alkanes) is 1. The summed E-state index contributed by atoms with van der Waals surface area (Å²) in [5.41, 5.74) is 4.43. The molecule has 9 heteroatoms. The van der Waals surface area contributed by atoms with Gasteiger partial charge in [-0.25, -0.2) is 4.79 Å². The molecule has 0 radical (unpaired) electrons. The molecule has 2 heterocycles. The second kappa shape index (κ2) is 5.59. The van der Waals surface area contributed by atoms with Crippen molar-refractivity contribution in [3.05, 3.63) is 20.8 Å². The van der Waals surface area contributed by atoms with Gasteiger partial charge in [-0.1, -0.05) is 13.3 Å². The Hall–Kier alpha value is -2.58. The molecule has 2 rings (SSSR count). The van der Waals surface area contributed by atoms with Gasteiger partial charge in [-0.05, 0) is 6.42 Å². The van der Waals surface area contributed by atoms with Crippen LogP contribution in [0.25, 0.3) is 11.2 Å². The summed E-state index contributed by atoms with van der Waals surface area (Å²) >= 11 is 0. The number of fused-ring (bicyclic) bond motifs is 1. The minimum absolute atomic E-state index is 0.269. The van der Waals surface area contributed by atoms with E-state index in [1.165, 1.54) is 11.6 Å². The van der Waals surface area contributed by atoms with E-state index < -0.39 is 11.2 Å². The third-order valence-corrected chi connectivity index (χ3v) is 2.99. The van der Waals surface area contributed by atoms with Crippen LogP contribution in [0.1, 0.15) is 19.8 Å². The van der Waals surface area contributed by atoms with Gasteiger partial charge in [0.05, 0.1) is 0 Å². The van der Waals surface area contributed by atoms with Crippen LogP contribution in [-0.4, -0.2) is 25.5 Å². The minimum atomic E-state index is -0.530. The van der Waals surface area contributed by atoms with Crippen molar-refractivity contribution in [1.82, 2.24) is 24.5 Å². The Morgan fingerprint density at radius 1 is 1.40 bits per heavy atom. The average molecular weight is 280 g/mol. The van der Waals surface area contributed by atoms with Gasteiger partial charge in [0.15, 0.2) is 11.2 Å². The topological polar surface area (TPSA) is 114 Å². The number of hydrazine groups is 1. The summed E-state index contributed by atoms with van der Waals surface area (Å²) in [6, 6.07) is 0. The average Bonchev–Trinajstić information content (AvgIpc) is 2.79. The predicted octanol–water partition coefficient (Wildman–Crippen LogP) is -0.704. The summed E-state index contributed by atoms with van der Waals surface area (Å²) in [5, 5.41) is 0. The molecule has 3 N–H and O–H groups in total. The number of carbonyl (C=O) groups is 1. The van der Waals surface area contributed by atoms with Crippen molar-refractivity contribution in [3.63, 3.8) is 0 Å². The van der Waals surface area contributed by atoms with Crippen LogP contribution < -0.4 is 22.1 Å². The Morgan fingerprint density at radius 2 is 2.15 bits per heavy atom. The zero-order valence-corrected chi connectivity index (χ0v) is 11.3. The van der Waals surface area contributed by atoms with Crippen molar-refractivity contribution in [1.29, 1.82) is 0 Å². The van der Waals surface area contributed by atoms with Gasteiger partial charge >= 0.3 is 5.69 Å². The number of rotatable bonds is 6. The van der Waals surface area contributed by atoms with Crippen molar-refractivity contribution in [2.45, 2.75) is 26.3 Å². The first kappa shape index (κ1) is 13.8. The van der Waals surface area contributed by atoms with Crippen LogP contribution in [0.3, 0.4) is 0 Å². The maximum absolute atomic E-state index is 12.0. The van der Waals surface area contributed by atoms with Crippen LogP contribution in [0.2, 0.25) is 0 Å². The van der Waals surface area contributed by atoms with Gasteiger partial charge in [0.1, 0.15) is 0 Å². The number of aromatic amines is 1. The molecule has 0 fully saturated rings. The highest BCUT2D eigenvalue weighted by Crippen LogP contribution is 2.15. The fraction of sp³-hybridized carbons (Fsp3) is 0.455. The highest BCUT2D eigenvalue weighted by Gasteiger charge is 2.16. The number of aromatic nitrogens is 4. The van der Waals surface area contributed by atoms with Crippen molar-refractivity contribution >= 4 is 23.5 Å². The van der Waals surface area contributed by atoms with Crippen LogP contribution in [-0.2, 0) is 18.4 Å². The van der Waals surface area contributed by atoms with E-state index in [-0.39, 0.29) is 5.65 Å². The first-order chi connectivity index (χ1) is 9.60. The summed E-state index contributed by atoms with van der Waals surface area (Å²) in [6.07, 6.45) is 2.24. The van der Waals surface area contributed by atoms with Gasteiger partial charge < -0.3 is 4.57 Å². The van der Waals surface area contributed by atoms with E-state index >= 15 is 0 Å². The molecular formula is C11H16N6O3. The molecule has 1 amide bonds. The van der Waals surface area contributed by atoms with Crippen LogP contribution >= 0.6 is 0 Å². The van der Waals surface area contributed by atoms with E-state index in [1.54, 1.807) is 4.57 Å². The van der Waals surface area contributed by atoms with Crippen LogP contribution in [0.5, 0.6) is 0 Å². The molecule has 2 aromatic heterocycles. The van der Waals surface area contributed by atoms with Crippen molar-refractivity contribution < 1.29 is 4.79 Å². The van der Waals surface area contributed by atoms with Crippen LogP contribution in [0.15, 0.2) is 9.59 Å². The quantitative estimate of drug-likeness (QED) is 0.478. The summed E-state index contributed by atoms with van der Waals surface area (Å²) in [7, 11) is 1.52. The molecule has 0 saturated heterocycles. The van der Waals surface area contributed by atoms with Gasteiger partial charge in [-0.3, -0.25) is 30.0 Å². The molecule has 108 valence electrons. The normalized spacial score (nSPS) is 10.7. The lowest BCUT2D eigenvalue weighted by Gasteiger charge is -2.08. The van der Waals surface area contributed by atoms with E-state index in [2.05, 4.69) is 20.8 Å². The summed E-state index contributed by atoms with van der Waals surface area (Å²) in [4.78, 5) is 40.4. The number of hydrogen-bond acceptors (Lipinski definition) is 5. The van der Waals surface area contributed by atoms with Gasteiger partial charge in [0, 0.05) is 13.6 Å². The largest absolute Gasteiger partial charge is 0.329 e. The maximum atomic E-state index is 12.0. The standard InChI is InChI=1S/C11H16N6O3/c1-3-4-5-17-7-8(13-10(17)15-12-6-18)16(2)11(20)14-9(7)19/h6H,3-5H2,1-2H3,(H,12,18)(H,13,15)(H,14,19,20). The lowest BCUT2D eigenvalue weighted by atomic mass is 10.3. The molecule has 0 aliphatic heterocycles. The molecule has 9 nitrogen and oxygen atoms in total. The number of carbonyl (C=O) groups excluding carboxylic acids is 1. The molecule has 2 aromatic rings. The Bertz CT molecular complexity index is 741. The lowest BCUT2D eigenvalue weighted by molar-refractivity contribution is -0.109. The number of H-pyrrole nitrogens is 1. The second-order valence-corrected chi connectivity index (χ2v) is 4.32. The number of amides is 1. The summed E-state index contributed by atoms with van der Waals surface area (Å²) in [5.74, 6) is 0.312. The van der Waals surface area contributed by atoms with E-state index in [0.717, 1.165) is 12.8 Å². The smallest absolute Gasteiger partial charge is 0.303 e. The van der Waals surface area contributed by atoms with E-state index in [0.29, 0.717) is 24.4 Å². The van der Waals surface area contributed by atoms with Gasteiger partial charge in [-0.2, -0.15) is 4.98 Å². The fourth-order valence-corrected chi connectivity index (χ4v) is 1.96. The van der Waals surface area contributed by atoms with E-state index in [9.17, 15) is 14.4 Å². The Labute approximate surface area is 113 Å². The predicted molar refractivity (Wildman–Crippen MR) is 73.3 cm³/mol. The van der Waals surface area contributed by atoms with E-state index in [1.807, 2.05) is 6.92 Å². The zero-order chi connectivity index (χ0) is 14.7. The summed E-state index contributed by atoms with van der Waals surface area (Å²) < 4.78 is 2.90. The number of hydrogen-bond donors (Lipinski definition) is 3. The Balaban J connectivity index is 2.68. The van der Waals surface area contributed by atoms with Gasteiger partial charge in [0.25, 0.3) is 5.56 Å². The molecular weight excluding hydrogens is 264 g/mol. The Kier molecular flexibility index (Phi) is 3.87. The highest BCUT2D eigenvalue weighted by atomic mass is 16.2. The lowest BCUT2D eigenvalue weighted by Crippen LogP contribution is -2.29. The number of imidazole rings is 1.